The molecule has 0 aliphatic carbocycles. The Hall–Kier alpha value is -3.16. The number of hydrogen-bond acceptors (Lipinski definition) is 6. The third-order valence-electron chi connectivity index (χ3n) is 4.91. The van der Waals surface area contributed by atoms with Crippen molar-refractivity contribution in [2.75, 3.05) is 25.1 Å². The summed E-state index contributed by atoms with van der Waals surface area (Å²) in [6, 6.07) is 11.3. The number of rotatable bonds is 4. The van der Waals surface area contributed by atoms with Crippen LogP contribution in [0, 0.1) is 6.92 Å². The molecule has 27 heavy (non-hydrogen) atoms. The van der Waals surface area contributed by atoms with Gasteiger partial charge >= 0.3 is 0 Å². The number of amides is 1. The molecule has 3 aromatic rings. The first kappa shape index (κ1) is 17.3. The topological polar surface area (TPSA) is 84.6 Å². The van der Waals surface area contributed by atoms with Crippen LogP contribution < -0.4 is 15.0 Å². The predicted molar refractivity (Wildman–Crippen MR) is 101 cm³/mol. The molecule has 0 spiro atoms. The van der Waals surface area contributed by atoms with Gasteiger partial charge in [-0.15, -0.1) is 15.3 Å². The van der Waals surface area contributed by atoms with E-state index in [0.717, 1.165) is 43.2 Å². The Kier molecular flexibility index (Phi) is 4.62. The fourth-order valence-corrected chi connectivity index (χ4v) is 3.40. The maximum Gasteiger partial charge on any atom is 0.255 e. The quantitative estimate of drug-likeness (QED) is 0.758. The number of benzene rings is 1. The molecule has 8 nitrogen and oxygen atoms in total. The van der Waals surface area contributed by atoms with E-state index < -0.39 is 0 Å². The Morgan fingerprint density at radius 2 is 1.93 bits per heavy atom. The zero-order valence-electron chi connectivity index (χ0n) is 15.4. The summed E-state index contributed by atoms with van der Waals surface area (Å²) in [4.78, 5) is 14.8. The van der Waals surface area contributed by atoms with Gasteiger partial charge in [-0.3, -0.25) is 4.79 Å². The average molecular weight is 366 g/mol. The summed E-state index contributed by atoms with van der Waals surface area (Å²) in [5.41, 5.74) is 1.31. The molecule has 0 atom stereocenters. The van der Waals surface area contributed by atoms with Gasteiger partial charge in [-0.25, -0.2) is 0 Å². The van der Waals surface area contributed by atoms with Crippen LogP contribution in [-0.4, -0.2) is 52.0 Å². The second kappa shape index (κ2) is 7.22. The molecule has 1 N–H and O–H groups in total. The molecule has 2 aromatic heterocycles. The summed E-state index contributed by atoms with van der Waals surface area (Å²) in [5, 5.41) is 15.9. The van der Waals surface area contributed by atoms with Gasteiger partial charge in [-0.2, -0.15) is 4.52 Å². The zero-order valence-corrected chi connectivity index (χ0v) is 15.4. The fraction of sp³-hybridized carbons (Fsp3) is 0.368. The van der Waals surface area contributed by atoms with Crippen molar-refractivity contribution in [1.29, 1.82) is 0 Å². The Labute approximate surface area is 157 Å². The maximum absolute atomic E-state index is 12.6. The fourth-order valence-electron chi connectivity index (χ4n) is 3.40. The van der Waals surface area contributed by atoms with Crippen LogP contribution in [0.25, 0.3) is 5.65 Å². The highest BCUT2D eigenvalue weighted by Gasteiger charge is 2.23. The van der Waals surface area contributed by atoms with Crippen LogP contribution in [0.3, 0.4) is 0 Å². The smallest absolute Gasteiger partial charge is 0.255 e. The van der Waals surface area contributed by atoms with E-state index in [0.29, 0.717) is 11.3 Å². The lowest BCUT2D eigenvalue weighted by atomic mass is 10.0. The molecule has 1 saturated heterocycles. The summed E-state index contributed by atoms with van der Waals surface area (Å²) in [6.45, 7) is 3.55. The van der Waals surface area contributed by atoms with Gasteiger partial charge in [0.25, 0.3) is 5.91 Å². The second-order valence-electron chi connectivity index (χ2n) is 6.64. The Morgan fingerprint density at radius 3 is 2.70 bits per heavy atom. The van der Waals surface area contributed by atoms with Crippen molar-refractivity contribution in [2.45, 2.75) is 25.8 Å². The minimum absolute atomic E-state index is 0.0921. The van der Waals surface area contributed by atoms with Crippen molar-refractivity contribution in [2.24, 2.45) is 0 Å². The average Bonchev–Trinajstić information content (AvgIpc) is 3.09. The highest BCUT2D eigenvalue weighted by atomic mass is 16.5. The van der Waals surface area contributed by atoms with Gasteiger partial charge in [-0.1, -0.05) is 12.1 Å². The molecular weight excluding hydrogens is 344 g/mol. The highest BCUT2D eigenvalue weighted by Crippen LogP contribution is 2.21. The van der Waals surface area contributed by atoms with Gasteiger partial charge in [-0.05, 0) is 44.0 Å². The van der Waals surface area contributed by atoms with E-state index in [9.17, 15) is 4.79 Å². The molecule has 1 fully saturated rings. The normalized spacial score (nSPS) is 15.1. The van der Waals surface area contributed by atoms with Gasteiger partial charge in [0.05, 0.1) is 12.7 Å². The number of nitrogens with one attached hydrogen (secondary N) is 1. The summed E-state index contributed by atoms with van der Waals surface area (Å²) in [6.07, 6.45) is 1.73. The lowest BCUT2D eigenvalue weighted by molar-refractivity contribution is 0.0928. The number of anilines is 1. The van der Waals surface area contributed by atoms with Crippen LogP contribution in [0.4, 0.5) is 5.82 Å². The van der Waals surface area contributed by atoms with Gasteiger partial charge in [0, 0.05) is 19.1 Å². The van der Waals surface area contributed by atoms with E-state index in [1.54, 1.807) is 23.8 Å². The number of fused-ring (bicyclic) bond motifs is 1. The van der Waals surface area contributed by atoms with E-state index >= 15 is 0 Å². The first-order chi connectivity index (χ1) is 13.2. The van der Waals surface area contributed by atoms with E-state index in [2.05, 4.69) is 25.5 Å². The third-order valence-corrected chi connectivity index (χ3v) is 4.91. The Balaban J connectivity index is 1.39. The van der Waals surface area contributed by atoms with E-state index in [1.165, 1.54) is 0 Å². The number of piperidine rings is 1. The number of para-hydroxylation sites is 1. The number of methoxy groups -OCH3 is 1. The minimum Gasteiger partial charge on any atom is -0.496 e. The molecule has 1 aliphatic heterocycles. The van der Waals surface area contributed by atoms with E-state index in [1.807, 2.05) is 31.2 Å². The monoisotopic (exact) mass is 366 g/mol. The molecule has 0 radical (unpaired) electrons. The van der Waals surface area contributed by atoms with Crippen LogP contribution >= 0.6 is 0 Å². The number of carbonyl (C=O) groups is 1. The van der Waals surface area contributed by atoms with Crippen LogP contribution in [0.5, 0.6) is 5.75 Å². The molecule has 8 heteroatoms. The summed E-state index contributed by atoms with van der Waals surface area (Å²) < 4.78 is 7.03. The molecule has 140 valence electrons. The molecule has 4 rings (SSSR count). The van der Waals surface area contributed by atoms with Crippen molar-refractivity contribution >= 4 is 17.4 Å². The molecule has 3 heterocycles. The van der Waals surface area contributed by atoms with Gasteiger partial charge in [0.1, 0.15) is 11.6 Å². The van der Waals surface area contributed by atoms with Crippen molar-refractivity contribution in [3.63, 3.8) is 0 Å². The summed E-state index contributed by atoms with van der Waals surface area (Å²) in [7, 11) is 1.58. The van der Waals surface area contributed by atoms with Crippen LogP contribution in [0.15, 0.2) is 36.4 Å². The molecule has 1 aliphatic rings. The Morgan fingerprint density at radius 1 is 1.15 bits per heavy atom. The van der Waals surface area contributed by atoms with E-state index in [4.69, 9.17) is 4.74 Å². The first-order valence-corrected chi connectivity index (χ1v) is 9.03. The Bertz CT molecular complexity index is 962. The largest absolute Gasteiger partial charge is 0.496 e. The summed E-state index contributed by atoms with van der Waals surface area (Å²) >= 11 is 0. The van der Waals surface area contributed by atoms with Gasteiger partial charge in [0.2, 0.25) is 0 Å². The molecule has 1 aromatic carbocycles. The van der Waals surface area contributed by atoms with Crippen LogP contribution in [-0.2, 0) is 0 Å². The molecule has 1 amide bonds. The zero-order chi connectivity index (χ0) is 18.8. The number of carbonyl (C=O) groups excluding carboxylic acids is 1. The first-order valence-electron chi connectivity index (χ1n) is 9.03. The molecule has 0 unspecified atom stereocenters. The SMILES string of the molecule is COc1ccccc1C(=O)NC1CCN(c2ccc3nnc(C)n3n2)CC1. The predicted octanol–water partition coefficient (Wildman–Crippen LogP) is 1.84. The standard InChI is InChI=1S/C19H22N6O2/c1-13-21-22-17-7-8-18(23-25(13)17)24-11-9-14(10-12-24)20-19(26)15-5-3-4-6-16(15)27-2/h3-8,14H,9-12H2,1-2H3,(H,20,26). The minimum atomic E-state index is -0.0921. The highest BCUT2D eigenvalue weighted by molar-refractivity contribution is 5.97. The van der Waals surface area contributed by atoms with Crippen LogP contribution in [0.1, 0.15) is 29.0 Å². The van der Waals surface area contributed by atoms with Gasteiger partial charge in [0.15, 0.2) is 11.5 Å². The third kappa shape index (κ3) is 3.42. The number of aryl methyl sites for hydroxylation is 1. The lowest BCUT2D eigenvalue weighted by Crippen LogP contribution is -2.45. The summed E-state index contributed by atoms with van der Waals surface area (Å²) in [5.74, 6) is 2.17. The van der Waals surface area contributed by atoms with Gasteiger partial charge < -0.3 is 15.0 Å². The molecule has 0 bridgehead atoms. The van der Waals surface area contributed by atoms with Crippen molar-refractivity contribution < 1.29 is 9.53 Å². The van der Waals surface area contributed by atoms with Crippen molar-refractivity contribution in [1.82, 2.24) is 25.1 Å². The second-order valence-corrected chi connectivity index (χ2v) is 6.64. The number of hydrogen-bond donors (Lipinski definition) is 1. The molecule has 0 saturated carbocycles. The lowest BCUT2D eigenvalue weighted by Gasteiger charge is -2.33. The maximum atomic E-state index is 12.6. The number of ether oxygens (including phenoxy) is 1. The van der Waals surface area contributed by atoms with Crippen molar-refractivity contribution in [3.8, 4) is 5.75 Å². The van der Waals surface area contributed by atoms with E-state index in [-0.39, 0.29) is 11.9 Å². The number of nitrogens with zero attached hydrogens (tertiary/aromatic N) is 5. The molecular formula is C19H22N6O2. The number of aromatic nitrogens is 4. The van der Waals surface area contributed by atoms with Crippen molar-refractivity contribution in [3.05, 3.63) is 47.8 Å². The van der Waals surface area contributed by atoms with Crippen LogP contribution in [0.2, 0.25) is 0 Å².